The van der Waals surface area contributed by atoms with Gasteiger partial charge >= 0.3 is 6.18 Å². The molecule has 0 aromatic carbocycles. The Kier molecular flexibility index (Phi) is 6.90. The van der Waals surface area contributed by atoms with Crippen molar-refractivity contribution in [3.63, 3.8) is 0 Å². The highest BCUT2D eigenvalue weighted by molar-refractivity contribution is 5.81. The van der Waals surface area contributed by atoms with Gasteiger partial charge in [0.05, 0.1) is 23.6 Å². The average molecular weight is 447 g/mol. The summed E-state index contributed by atoms with van der Waals surface area (Å²) in [6, 6.07) is 5.25. The van der Waals surface area contributed by atoms with Gasteiger partial charge < -0.3 is 4.74 Å². The second-order valence-electron chi connectivity index (χ2n) is 7.53. The molecular formula is C22H24F3N5O2. The summed E-state index contributed by atoms with van der Waals surface area (Å²) in [5.41, 5.74) is 1.66. The molecule has 0 atom stereocenters. The molecule has 0 saturated heterocycles. The molecule has 0 saturated carbocycles. The van der Waals surface area contributed by atoms with Crippen molar-refractivity contribution in [2.45, 2.75) is 46.2 Å². The van der Waals surface area contributed by atoms with Crippen LogP contribution in [0.1, 0.15) is 41.6 Å². The number of aromatic nitrogens is 5. The topological polar surface area (TPSA) is 82.8 Å². The normalized spacial score (nSPS) is 11.6. The summed E-state index contributed by atoms with van der Waals surface area (Å²) < 4.78 is 46.3. The van der Waals surface area contributed by atoms with E-state index in [4.69, 9.17) is 4.74 Å². The van der Waals surface area contributed by atoms with E-state index in [1.807, 2.05) is 19.9 Å². The Morgan fingerprint density at radius 1 is 1.16 bits per heavy atom. The Labute approximate surface area is 183 Å². The van der Waals surface area contributed by atoms with Crippen LogP contribution in [0.25, 0.3) is 11.3 Å². The van der Waals surface area contributed by atoms with Crippen molar-refractivity contribution in [2.24, 2.45) is 7.05 Å². The first kappa shape index (κ1) is 23.4. The number of carbonyl (C=O) groups excluding carboxylic acids is 1. The van der Waals surface area contributed by atoms with E-state index in [0.29, 0.717) is 30.2 Å². The lowest BCUT2D eigenvalue weighted by molar-refractivity contribution is -0.141. The molecule has 0 amide bonds. The number of hydrogen-bond acceptors (Lipinski definition) is 6. The molecule has 0 aliphatic carbocycles. The van der Waals surface area contributed by atoms with Crippen LogP contribution in [-0.4, -0.2) is 37.4 Å². The van der Waals surface area contributed by atoms with E-state index in [1.165, 1.54) is 13.2 Å². The zero-order valence-corrected chi connectivity index (χ0v) is 18.3. The minimum atomic E-state index is -4.59. The number of halogens is 3. The lowest BCUT2D eigenvalue weighted by atomic mass is 10.0. The number of pyridine rings is 1. The number of ether oxygens (including phenoxy) is 1. The van der Waals surface area contributed by atoms with E-state index in [2.05, 4.69) is 20.3 Å². The maximum absolute atomic E-state index is 13.3. The molecule has 3 aromatic rings. The van der Waals surface area contributed by atoms with Crippen molar-refractivity contribution in [1.29, 1.82) is 0 Å². The van der Waals surface area contributed by atoms with Gasteiger partial charge in [-0.2, -0.15) is 23.4 Å². The molecule has 3 aromatic heterocycles. The molecular weight excluding hydrogens is 423 g/mol. The van der Waals surface area contributed by atoms with Crippen LogP contribution in [0.2, 0.25) is 0 Å². The fourth-order valence-corrected chi connectivity index (χ4v) is 3.41. The van der Waals surface area contributed by atoms with E-state index in [1.54, 1.807) is 19.1 Å². The van der Waals surface area contributed by atoms with Gasteiger partial charge in [-0.25, -0.2) is 4.98 Å². The number of hydrogen-bond donors (Lipinski definition) is 0. The molecule has 0 N–H and O–H groups in total. The van der Waals surface area contributed by atoms with Crippen molar-refractivity contribution in [3.05, 3.63) is 52.6 Å². The number of nitrogens with zero attached hydrogens (tertiary/aromatic N) is 5. The van der Waals surface area contributed by atoms with Crippen LogP contribution in [0.3, 0.4) is 0 Å². The predicted molar refractivity (Wildman–Crippen MR) is 111 cm³/mol. The van der Waals surface area contributed by atoms with Crippen LogP contribution >= 0.6 is 0 Å². The molecule has 32 heavy (non-hydrogen) atoms. The summed E-state index contributed by atoms with van der Waals surface area (Å²) in [6.07, 6.45) is -2.51. The minimum Gasteiger partial charge on any atom is -0.478 e. The lowest BCUT2D eigenvalue weighted by Crippen LogP contribution is -2.10. The highest BCUT2D eigenvalue weighted by Crippen LogP contribution is 2.36. The van der Waals surface area contributed by atoms with Crippen LogP contribution in [0.4, 0.5) is 13.2 Å². The van der Waals surface area contributed by atoms with Crippen molar-refractivity contribution in [1.82, 2.24) is 25.0 Å². The third-order valence-corrected chi connectivity index (χ3v) is 4.73. The van der Waals surface area contributed by atoms with Gasteiger partial charge in [0.15, 0.2) is 5.69 Å². The van der Waals surface area contributed by atoms with Gasteiger partial charge in [-0.3, -0.25) is 9.48 Å². The maximum atomic E-state index is 13.3. The van der Waals surface area contributed by atoms with Crippen molar-refractivity contribution in [2.75, 3.05) is 6.61 Å². The van der Waals surface area contributed by atoms with Gasteiger partial charge in [-0.05, 0) is 50.5 Å². The standard InChI is InChI=1S/C22H24F3N5O2/c1-5-32-19-11-15(9-14(3)26-19)10-17(31)7-6-16-8-13(2)20(28-27-16)18-12-30(4)29-21(18)22(23,24)25/h8-9,11-12H,5-7,10H2,1-4H3. The first-order valence-corrected chi connectivity index (χ1v) is 10.1. The fourth-order valence-electron chi connectivity index (χ4n) is 3.41. The summed E-state index contributed by atoms with van der Waals surface area (Å²) in [5, 5.41) is 11.6. The smallest absolute Gasteiger partial charge is 0.435 e. The SMILES string of the molecule is CCOc1cc(CC(=O)CCc2cc(C)c(-c3cn(C)nc3C(F)(F)F)nn2)cc(C)n1. The van der Waals surface area contributed by atoms with E-state index in [-0.39, 0.29) is 29.9 Å². The maximum Gasteiger partial charge on any atom is 0.435 e. The number of alkyl halides is 3. The number of rotatable bonds is 8. The molecule has 3 rings (SSSR count). The first-order chi connectivity index (χ1) is 15.1. The molecule has 3 heterocycles. The van der Waals surface area contributed by atoms with Gasteiger partial charge in [0, 0.05) is 37.8 Å². The van der Waals surface area contributed by atoms with Crippen molar-refractivity contribution < 1.29 is 22.7 Å². The zero-order chi connectivity index (χ0) is 23.5. The quantitative estimate of drug-likeness (QED) is 0.518. The predicted octanol–water partition coefficient (Wildman–Crippen LogP) is 4.05. The Morgan fingerprint density at radius 3 is 2.56 bits per heavy atom. The van der Waals surface area contributed by atoms with Crippen LogP contribution in [0.15, 0.2) is 24.4 Å². The summed E-state index contributed by atoms with van der Waals surface area (Å²) in [5.74, 6) is 0.495. The Morgan fingerprint density at radius 2 is 1.91 bits per heavy atom. The number of Topliss-reactive ketones (excluding diaryl/α,β-unsaturated/α-hetero) is 1. The number of aryl methyl sites for hydroxylation is 4. The van der Waals surface area contributed by atoms with E-state index < -0.39 is 11.9 Å². The monoisotopic (exact) mass is 447 g/mol. The van der Waals surface area contributed by atoms with Crippen molar-refractivity contribution >= 4 is 5.78 Å². The van der Waals surface area contributed by atoms with Crippen LogP contribution in [0, 0.1) is 13.8 Å². The zero-order valence-electron chi connectivity index (χ0n) is 18.3. The molecule has 7 nitrogen and oxygen atoms in total. The Hall–Kier alpha value is -3.30. The van der Waals surface area contributed by atoms with E-state index in [0.717, 1.165) is 15.9 Å². The molecule has 170 valence electrons. The molecule has 0 aliphatic heterocycles. The molecule has 0 radical (unpaired) electrons. The Balaban J connectivity index is 1.69. The highest BCUT2D eigenvalue weighted by Gasteiger charge is 2.38. The van der Waals surface area contributed by atoms with Gasteiger partial charge in [-0.1, -0.05) is 0 Å². The number of carbonyl (C=O) groups is 1. The summed E-state index contributed by atoms with van der Waals surface area (Å²) in [4.78, 5) is 16.7. The molecule has 0 unspecified atom stereocenters. The second-order valence-corrected chi connectivity index (χ2v) is 7.53. The van der Waals surface area contributed by atoms with E-state index >= 15 is 0 Å². The highest BCUT2D eigenvalue weighted by atomic mass is 19.4. The molecule has 0 spiro atoms. The summed E-state index contributed by atoms with van der Waals surface area (Å²) >= 11 is 0. The molecule has 0 fully saturated rings. The third kappa shape index (κ3) is 5.68. The van der Waals surface area contributed by atoms with Crippen LogP contribution in [-0.2, 0) is 30.9 Å². The summed E-state index contributed by atoms with van der Waals surface area (Å²) in [7, 11) is 1.42. The largest absolute Gasteiger partial charge is 0.478 e. The Bertz CT molecular complexity index is 1130. The minimum absolute atomic E-state index is 0.00759. The molecule has 0 bridgehead atoms. The molecule has 0 aliphatic rings. The first-order valence-electron chi connectivity index (χ1n) is 10.1. The second kappa shape index (κ2) is 9.46. The van der Waals surface area contributed by atoms with Crippen LogP contribution < -0.4 is 4.74 Å². The number of ketones is 1. The molecule has 10 heteroatoms. The van der Waals surface area contributed by atoms with Crippen molar-refractivity contribution in [3.8, 4) is 17.1 Å². The lowest BCUT2D eigenvalue weighted by Gasteiger charge is -2.09. The fraction of sp³-hybridized carbons (Fsp3) is 0.409. The van der Waals surface area contributed by atoms with Gasteiger partial charge in [0.2, 0.25) is 5.88 Å². The summed E-state index contributed by atoms with van der Waals surface area (Å²) in [6.45, 7) is 5.85. The van der Waals surface area contributed by atoms with Gasteiger partial charge in [-0.15, -0.1) is 5.10 Å². The van der Waals surface area contributed by atoms with Gasteiger partial charge in [0.1, 0.15) is 5.78 Å². The average Bonchev–Trinajstić information content (AvgIpc) is 3.08. The van der Waals surface area contributed by atoms with Gasteiger partial charge in [0.25, 0.3) is 0 Å². The van der Waals surface area contributed by atoms with E-state index in [9.17, 15) is 18.0 Å². The third-order valence-electron chi connectivity index (χ3n) is 4.73. The van der Waals surface area contributed by atoms with Crippen LogP contribution in [0.5, 0.6) is 5.88 Å².